The molecule has 14 heteroatoms. The second-order valence-electron chi connectivity index (χ2n) is 8.06. The van der Waals surface area contributed by atoms with Crippen molar-refractivity contribution in [3.05, 3.63) is 40.4 Å². The summed E-state index contributed by atoms with van der Waals surface area (Å²) in [5.74, 6) is -1.16. The first-order valence-electron chi connectivity index (χ1n) is 10.2. The predicted molar refractivity (Wildman–Crippen MR) is 124 cm³/mol. The van der Waals surface area contributed by atoms with Crippen LogP contribution < -0.4 is 5.43 Å². The SMILES string of the molecule is Cc1sc(-c2ccc(C(F)(F)F)cc2)nc1C(=N)/C(C#N)=N\NC(C)OC(=O)OCC(C)(C)C(=O)O. The molecule has 0 aliphatic rings. The van der Waals surface area contributed by atoms with E-state index in [1.165, 1.54) is 32.9 Å². The van der Waals surface area contributed by atoms with Crippen LogP contribution in [0, 0.1) is 29.1 Å². The van der Waals surface area contributed by atoms with Crippen molar-refractivity contribution >= 4 is 34.9 Å². The van der Waals surface area contributed by atoms with Crippen molar-refractivity contribution in [1.82, 2.24) is 10.4 Å². The fourth-order valence-electron chi connectivity index (χ4n) is 2.46. The van der Waals surface area contributed by atoms with Crippen LogP contribution in [0.4, 0.5) is 18.0 Å². The van der Waals surface area contributed by atoms with Gasteiger partial charge in [0.1, 0.15) is 29.1 Å². The summed E-state index contributed by atoms with van der Waals surface area (Å²) in [6.07, 6.45) is -6.73. The number of halogens is 3. The molecule has 192 valence electrons. The van der Waals surface area contributed by atoms with Crippen LogP contribution in [0.25, 0.3) is 10.6 Å². The van der Waals surface area contributed by atoms with Crippen molar-refractivity contribution in [1.29, 1.82) is 10.7 Å². The molecule has 0 fully saturated rings. The van der Waals surface area contributed by atoms with Crippen LogP contribution in [-0.4, -0.2) is 46.5 Å². The first-order valence-corrected chi connectivity index (χ1v) is 11.0. The number of carbonyl (C=O) groups excluding carboxylic acids is 1. The Labute approximate surface area is 207 Å². The number of ether oxygens (including phenoxy) is 2. The number of rotatable bonds is 9. The second-order valence-corrected chi connectivity index (χ2v) is 9.27. The molecule has 3 N–H and O–H groups in total. The Morgan fingerprint density at radius 3 is 2.44 bits per heavy atom. The van der Waals surface area contributed by atoms with Crippen LogP contribution >= 0.6 is 11.3 Å². The van der Waals surface area contributed by atoms with Gasteiger partial charge in [-0.1, -0.05) is 12.1 Å². The summed E-state index contributed by atoms with van der Waals surface area (Å²) in [5, 5.41) is 30.9. The largest absolute Gasteiger partial charge is 0.510 e. The van der Waals surface area contributed by atoms with Crippen LogP contribution in [-0.2, 0) is 20.4 Å². The van der Waals surface area contributed by atoms with Crippen LogP contribution in [0.15, 0.2) is 29.4 Å². The van der Waals surface area contributed by atoms with E-state index in [0.717, 1.165) is 23.5 Å². The minimum atomic E-state index is -4.47. The number of nitrogens with zero attached hydrogens (tertiary/aromatic N) is 3. The molecule has 0 saturated heterocycles. The normalized spacial score (nSPS) is 12.9. The van der Waals surface area contributed by atoms with E-state index in [9.17, 15) is 28.0 Å². The van der Waals surface area contributed by atoms with Gasteiger partial charge in [0.05, 0.1) is 11.0 Å². The van der Waals surface area contributed by atoms with Crippen LogP contribution in [0.5, 0.6) is 0 Å². The van der Waals surface area contributed by atoms with E-state index in [4.69, 9.17) is 20.0 Å². The van der Waals surface area contributed by atoms with E-state index in [1.807, 2.05) is 0 Å². The Hall–Kier alpha value is -3.99. The number of alkyl halides is 3. The highest BCUT2D eigenvalue weighted by Crippen LogP contribution is 2.33. The highest BCUT2D eigenvalue weighted by molar-refractivity contribution is 7.15. The number of hydrazone groups is 1. The number of aryl methyl sites for hydroxylation is 1. The van der Waals surface area contributed by atoms with Gasteiger partial charge in [-0.15, -0.1) is 11.3 Å². The molecule has 1 aromatic heterocycles. The summed E-state index contributed by atoms with van der Waals surface area (Å²) >= 11 is 1.13. The molecule has 0 aliphatic heterocycles. The average Bonchev–Trinajstić information content (AvgIpc) is 3.19. The number of benzene rings is 1. The molecule has 0 spiro atoms. The number of aromatic nitrogens is 1. The first-order chi connectivity index (χ1) is 16.7. The van der Waals surface area contributed by atoms with Gasteiger partial charge in [-0.2, -0.15) is 23.5 Å². The van der Waals surface area contributed by atoms with Crippen molar-refractivity contribution < 1.29 is 37.3 Å². The standard InChI is InChI=1S/C22H22F3N5O5S/c1-11-17(28-18(36-11)13-5-7-14(8-6-13)22(23,24)25)16(27)15(9-26)30-29-12(2)35-20(33)34-10-21(3,4)19(31)32/h5-8,12,27,29H,10H2,1-4H3,(H,31,32)/b27-16?,30-15-. The monoisotopic (exact) mass is 525 g/mol. The number of carbonyl (C=O) groups is 2. The molecule has 2 rings (SSSR count). The van der Waals surface area contributed by atoms with Crippen molar-refractivity contribution in [2.75, 3.05) is 6.61 Å². The third-order valence-corrected chi connectivity index (χ3v) is 5.62. The smallest absolute Gasteiger partial charge is 0.481 e. The van der Waals surface area contributed by atoms with Crippen molar-refractivity contribution in [3.8, 4) is 16.6 Å². The molecule has 2 aromatic rings. The van der Waals surface area contributed by atoms with Gasteiger partial charge in [-0.3, -0.25) is 15.6 Å². The maximum atomic E-state index is 12.8. The topological polar surface area (TPSA) is 158 Å². The van der Waals surface area contributed by atoms with Gasteiger partial charge in [0.25, 0.3) is 0 Å². The fourth-order valence-corrected chi connectivity index (χ4v) is 3.39. The van der Waals surface area contributed by atoms with Crippen LogP contribution in [0.3, 0.4) is 0 Å². The second kappa shape index (κ2) is 11.2. The summed E-state index contributed by atoms with van der Waals surface area (Å²) in [6.45, 7) is 5.29. The van der Waals surface area contributed by atoms with E-state index in [1.54, 1.807) is 13.0 Å². The van der Waals surface area contributed by atoms with E-state index >= 15 is 0 Å². The molecule has 10 nitrogen and oxygen atoms in total. The Kier molecular flexibility index (Phi) is 8.76. The molecule has 1 heterocycles. The molecule has 0 aliphatic carbocycles. The number of carboxylic acid groups (broad SMARTS) is 1. The summed E-state index contributed by atoms with van der Waals surface area (Å²) in [6, 6.07) is 6.13. The highest BCUT2D eigenvalue weighted by Gasteiger charge is 2.31. The van der Waals surface area contributed by atoms with Crippen LogP contribution in [0.2, 0.25) is 0 Å². The number of thiazole rings is 1. The van der Waals surface area contributed by atoms with E-state index in [2.05, 4.69) is 15.5 Å². The third-order valence-electron chi connectivity index (χ3n) is 4.60. The number of nitriles is 1. The molecule has 1 aromatic carbocycles. The first kappa shape index (κ1) is 28.2. The number of hydrogen-bond donors (Lipinski definition) is 3. The third kappa shape index (κ3) is 7.25. The summed E-state index contributed by atoms with van der Waals surface area (Å²) in [7, 11) is 0. The van der Waals surface area contributed by atoms with E-state index < -0.39 is 47.8 Å². The molecular weight excluding hydrogens is 503 g/mol. The van der Waals surface area contributed by atoms with Gasteiger partial charge in [0.2, 0.25) is 0 Å². The van der Waals surface area contributed by atoms with Gasteiger partial charge >= 0.3 is 18.3 Å². The summed E-state index contributed by atoms with van der Waals surface area (Å²) in [5.41, 5.74) is 0.0291. The number of aliphatic carboxylic acids is 1. The lowest BCUT2D eigenvalue weighted by Gasteiger charge is -2.19. The fraction of sp³-hybridized carbons (Fsp3) is 0.364. The Morgan fingerprint density at radius 2 is 1.92 bits per heavy atom. The lowest BCUT2D eigenvalue weighted by molar-refractivity contribution is -0.149. The lowest BCUT2D eigenvalue weighted by atomic mass is 9.95. The number of carboxylic acids is 1. The van der Waals surface area contributed by atoms with Crippen molar-refractivity contribution in [3.63, 3.8) is 0 Å². The van der Waals surface area contributed by atoms with Crippen LogP contribution in [0.1, 0.15) is 36.9 Å². The number of hydrogen-bond acceptors (Lipinski definition) is 10. The van der Waals surface area contributed by atoms with Gasteiger partial charge in [0.15, 0.2) is 11.9 Å². The maximum Gasteiger partial charge on any atom is 0.510 e. The van der Waals surface area contributed by atoms with Crippen molar-refractivity contribution in [2.24, 2.45) is 10.5 Å². The lowest BCUT2D eigenvalue weighted by Crippen LogP contribution is -2.33. The Morgan fingerprint density at radius 1 is 1.31 bits per heavy atom. The zero-order chi connectivity index (χ0) is 27.3. The minimum absolute atomic E-state index is 0.112. The molecule has 1 unspecified atom stereocenters. The molecule has 0 amide bonds. The van der Waals surface area contributed by atoms with Crippen molar-refractivity contribution in [2.45, 2.75) is 40.1 Å². The van der Waals surface area contributed by atoms with Gasteiger partial charge in [-0.25, -0.2) is 9.78 Å². The molecule has 0 saturated carbocycles. The zero-order valence-corrected chi connectivity index (χ0v) is 20.4. The molecule has 1 atom stereocenters. The summed E-state index contributed by atoms with van der Waals surface area (Å²) in [4.78, 5) is 27.6. The average molecular weight is 526 g/mol. The maximum absolute atomic E-state index is 12.8. The predicted octanol–water partition coefficient (Wildman–Crippen LogP) is 4.58. The molecule has 0 bridgehead atoms. The van der Waals surface area contributed by atoms with Gasteiger partial charge in [0, 0.05) is 10.4 Å². The number of nitrogens with one attached hydrogen (secondary N) is 2. The molecule has 0 radical (unpaired) electrons. The summed E-state index contributed by atoms with van der Waals surface area (Å²) < 4.78 is 48.0. The van der Waals surface area contributed by atoms with Gasteiger partial charge in [-0.05, 0) is 39.8 Å². The highest BCUT2D eigenvalue weighted by atomic mass is 32.1. The zero-order valence-electron chi connectivity index (χ0n) is 19.6. The van der Waals surface area contributed by atoms with E-state index in [-0.39, 0.29) is 11.4 Å². The Balaban J connectivity index is 2.07. The molecule has 36 heavy (non-hydrogen) atoms. The van der Waals surface area contributed by atoms with E-state index in [0.29, 0.717) is 15.4 Å². The minimum Gasteiger partial charge on any atom is -0.481 e. The van der Waals surface area contributed by atoms with Gasteiger partial charge < -0.3 is 14.6 Å². The Bertz CT molecular complexity index is 1220. The quantitative estimate of drug-likeness (QED) is 0.186. The molecular formula is C22H22F3N5O5S.